The van der Waals surface area contributed by atoms with Gasteiger partial charge in [-0.1, -0.05) is 0 Å². The van der Waals surface area contributed by atoms with E-state index in [2.05, 4.69) is 0 Å². The fourth-order valence-electron chi connectivity index (χ4n) is 2.38. The molecule has 1 aromatic carbocycles. The number of amides is 1. The average Bonchev–Trinajstić information content (AvgIpc) is 2.90. The lowest BCUT2D eigenvalue weighted by molar-refractivity contribution is -0.383. The standard InChI is InChI=1S/C13H17N3O5/c1-20-11-6-15(7-12(11)21-2)13(17)8-3-4-9(14)10(5-8)16(18)19/h3-5,11-12H,6-7,14H2,1-2H3. The summed E-state index contributed by atoms with van der Waals surface area (Å²) in [6.45, 7) is 0.762. The molecule has 8 nitrogen and oxygen atoms in total. The molecule has 8 heteroatoms. The largest absolute Gasteiger partial charge is 0.393 e. The van der Waals surface area contributed by atoms with Gasteiger partial charge >= 0.3 is 0 Å². The molecule has 0 spiro atoms. The van der Waals surface area contributed by atoms with Gasteiger partial charge in [0.05, 0.1) is 4.92 Å². The van der Waals surface area contributed by atoms with Crippen molar-refractivity contribution in [3.05, 3.63) is 33.9 Å². The molecule has 1 fully saturated rings. The van der Waals surface area contributed by atoms with Crippen molar-refractivity contribution in [2.45, 2.75) is 12.2 Å². The Morgan fingerprint density at radius 1 is 1.33 bits per heavy atom. The first-order chi connectivity index (χ1) is 9.97. The molecule has 114 valence electrons. The van der Waals surface area contributed by atoms with Crippen LogP contribution in [0.2, 0.25) is 0 Å². The van der Waals surface area contributed by atoms with Gasteiger partial charge in [0.1, 0.15) is 17.9 Å². The number of nitrogen functional groups attached to an aromatic ring is 1. The summed E-state index contributed by atoms with van der Waals surface area (Å²) in [5.41, 5.74) is 5.51. The Labute approximate surface area is 121 Å². The molecule has 0 aromatic heterocycles. The Bertz CT molecular complexity index is 551. The third kappa shape index (κ3) is 2.96. The van der Waals surface area contributed by atoms with Gasteiger partial charge in [-0.15, -0.1) is 0 Å². The molecular weight excluding hydrogens is 278 g/mol. The van der Waals surface area contributed by atoms with Crippen molar-refractivity contribution in [2.75, 3.05) is 33.0 Å². The molecule has 0 aliphatic carbocycles. The maximum absolute atomic E-state index is 12.4. The molecule has 0 saturated carbocycles. The first-order valence-electron chi connectivity index (χ1n) is 6.36. The third-order valence-electron chi connectivity index (χ3n) is 3.58. The first kappa shape index (κ1) is 15.2. The molecule has 1 amide bonds. The number of hydrogen-bond acceptors (Lipinski definition) is 6. The van der Waals surface area contributed by atoms with Gasteiger partial charge < -0.3 is 20.1 Å². The molecule has 2 N–H and O–H groups in total. The molecule has 1 saturated heterocycles. The van der Waals surface area contributed by atoms with Crippen LogP contribution in [0.15, 0.2) is 18.2 Å². The molecule has 1 aliphatic heterocycles. The molecule has 2 rings (SSSR count). The van der Waals surface area contributed by atoms with Crippen LogP contribution in [-0.4, -0.2) is 55.2 Å². The molecule has 1 aliphatic rings. The number of nitro benzene ring substituents is 1. The highest BCUT2D eigenvalue weighted by atomic mass is 16.6. The highest BCUT2D eigenvalue weighted by Gasteiger charge is 2.36. The zero-order valence-electron chi connectivity index (χ0n) is 11.8. The van der Waals surface area contributed by atoms with Crippen molar-refractivity contribution >= 4 is 17.3 Å². The predicted molar refractivity (Wildman–Crippen MR) is 75.0 cm³/mol. The Morgan fingerprint density at radius 2 is 1.90 bits per heavy atom. The van der Waals surface area contributed by atoms with E-state index < -0.39 is 4.92 Å². The second-order valence-corrected chi connectivity index (χ2v) is 4.79. The highest BCUT2D eigenvalue weighted by Crippen LogP contribution is 2.25. The molecule has 0 radical (unpaired) electrons. The number of likely N-dealkylation sites (tertiary alicyclic amines) is 1. The zero-order valence-corrected chi connectivity index (χ0v) is 11.8. The van der Waals surface area contributed by atoms with Gasteiger partial charge in [0.15, 0.2) is 0 Å². The number of rotatable bonds is 4. The van der Waals surface area contributed by atoms with Crippen LogP contribution in [0.1, 0.15) is 10.4 Å². The summed E-state index contributed by atoms with van der Waals surface area (Å²) in [4.78, 5) is 24.2. The van der Waals surface area contributed by atoms with Gasteiger partial charge in [-0.25, -0.2) is 0 Å². The predicted octanol–water partition coefficient (Wildman–Crippen LogP) is 0.663. The van der Waals surface area contributed by atoms with Crippen LogP contribution in [-0.2, 0) is 9.47 Å². The summed E-state index contributed by atoms with van der Waals surface area (Å²) in [6, 6.07) is 4.04. The third-order valence-corrected chi connectivity index (χ3v) is 3.58. The number of carbonyl (C=O) groups is 1. The van der Waals surface area contributed by atoms with Crippen LogP contribution in [0.5, 0.6) is 0 Å². The fraction of sp³-hybridized carbons (Fsp3) is 0.462. The molecule has 21 heavy (non-hydrogen) atoms. The van der Waals surface area contributed by atoms with Crippen LogP contribution in [0.4, 0.5) is 11.4 Å². The normalized spacial score (nSPS) is 21.5. The van der Waals surface area contributed by atoms with Crippen LogP contribution < -0.4 is 5.73 Å². The van der Waals surface area contributed by atoms with Gasteiger partial charge in [-0.3, -0.25) is 14.9 Å². The summed E-state index contributed by atoms with van der Waals surface area (Å²) < 4.78 is 10.5. The average molecular weight is 295 g/mol. The van der Waals surface area contributed by atoms with Crippen LogP contribution >= 0.6 is 0 Å². The van der Waals surface area contributed by atoms with Crippen LogP contribution in [0.3, 0.4) is 0 Å². The molecule has 1 aromatic rings. The highest BCUT2D eigenvalue weighted by molar-refractivity contribution is 5.95. The van der Waals surface area contributed by atoms with Crippen molar-refractivity contribution < 1.29 is 19.2 Å². The lowest BCUT2D eigenvalue weighted by atomic mass is 10.1. The molecular formula is C13H17N3O5. The second-order valence-electron chi connectivity index (χ2n) is 4.79. The lowest BCUT2D eigenvalue weighted by Gasteiger charge is -2.15. The Hall–Kier alpha value is -2.19. The number of nitrogens with zero attached hydrogens (tertiary/aromatic N) is 2. The summed E-state index contributed by atoms with van der Waals surface area (Å²) in [5.74, 6) is -0.306. The van der Waals surface area contributed by atoms with Gasteiger partial charge in [-0.05, 0) is 12.1 Å². The first-order valence-corrected chi connectivity index (χ1v) is 6.36. The lowest BCUT2D eigenvalue weighted by Crippen LogP contribution is -2.30. The summed E-state index contributed by atoms with van der Waals surface area (Å²) in [7, 11) is 3.11. The summed E-state index contributed by atoms with van der Waals surface area (Å²) >= 11 is 0. The maximum Gasteiger partial charge on any atom is 0.292 e. The van der Waals surface area contributed by atoms with E-state index in [9.17, 15) is 14.9 Å². The number of nitro groups is 1. The van der Waals surface area contributed by atoms with E-state index in [1.807, 2.05) is 0 Å². The Kier molecular flexibility index (Phi) is 4.39. The molecule has 0 bridgehead atoms. The van der Waals surface area contributed by atoms with E-state index in [1.165, 1.54) is 18.2 Å². The fourth-order valence-corrected chi connectivity index (χ4v) is 2.38. The number of methoxy groups -OCH3 is 2. The van der Waals surface area contributed by atoms with Gasteiger partial charge in [-0.2, -0.15) is 0 Å². The number of ether oxygens (including phenoxy) is 2. The summed E-state index contributed by atoms with van der Waals surface area (Å²) in [5, 5.41) is 10.9. The molecule has 2 atom stereocenters. The van der Waals surface area contributed by atoms with E-state index in [4.69, 9.17) is 15.2 Å². The quantitative estimate of drug-likeness (QED) is 0.496. The number of hydrogen-bond donors (Lipinski definition) is 1. The Morgan fingerprint density at radius 3 is 2.38 bits per heavy atom. The minimum Gasteiger partial charge on any atom is -0.393 e. The van der Waals surface area contributed by atoms with Gasteiger partial charge in [0, 0.05) is 38.9 Å². The smallest absolute Gasteiger partial charge is 0.292 e. The topological polar surface area (TPSA) is 108 Å². The van der Waals surface area contributed by atoms with Crippen molar-refractivity contribution in [3.8, 4) is 0 Å². The van der Waals surface area contributed by atoms with E-state index in [0.717, 1.165) is 0 Å². The second kappa shape index (κ2) is 6.06. The zero-order chi connectivity index (χ0) is 15.6. The number of benzene rings is 1. The van der Waals surface area contributed by atoms with Crippen LogP contribution in [0.25, 0.3) is 0 Å². The number of nitrogens with two attached hydrogens (primary N) is 1. The minimum absolute atomic E-state index is 0.0301. The molecule has 1 heterocycles. The van der Waals surface area contributed by atoms with Gasteiger partial charge in [0.25, 0.3) is 11.6 Å². The van der Waals surface area contributed by atoms with Crippen molar-refractivity contribution in [1.82, 2.24) is 4.90 Å². The summed E-state index contributed by atoms with van der Waals surface area (Å²) in [6.07, 6.45) is -0.412. The SMILES string of the molecule is COC1CN(C(=O)c2ccc(N)c([N+](=O)[O-])c2)CC1OC. The van der Waals surface area contributed by atoms with E-state index in [0.29, 0.717) is 13.1 Å². The van der Waals surface area contributed by atoms with E-state index in [-0.39, 0.29) is 35.1 Å². The van der Waals surface area contributed by atoms with E-state index >= 15 is 0 Å². The Balaban J connectivity index is 2.21. The number of anilines is 1. The van der Waals surface area contributed by atoms with Crippen molar-refractivity contribution in [1.29, 1.82) is 0 Å². The monoisotopic (exact) mass is 295 g/mol. The van der Waals surface area contributed by atoms with Crippen LogP contribution in [0, 0.1) is 10.1 Å². The minimum atomic E-state index is -0.605. The molecule has 2 unspecified atom stereocenters. The maximum atomic E-state index is 12.4. The van der Waals surface area contributed by atoms with Crippen molar-refractivity contribution in [2.24, 2.45) is 0 Å². The van der Waals surface area contributed by atoms with Crippen molar-refractivity contribution in [3.63, 3.8) is 0 Å². The number of carbonyl (C=O) groups excluding carboxylic acids is 1. The van der Waals surface area contributed by atoms with Gasteiger partial charge in [0.2, 0.25) is 0 Å². The van der Waals surface area contributed by atoms with E-state index in [1.54, 1.807) is 19.1 Å².